The number of halogens is 2. The minimum atomic E-state index is -0.459. The SMILES string of the molecule is O=C1CCCC(=O)C1=C([O-])Cc1ccc(Cl)cc1Cl. The summed E-state index contributed by atoms with van der Waals surface area (Å²) < 4.78 is 0. The molecule has 0 N–H and O–H groups in total. The van der Waals surface area contributed by atoms with E-state index in [2.05, 4.69) is 0 Å². The largest absolute Gasteiger partial charge is 0.875 e. The molecule has 1 fully saturated rings. The fourth-order valence-electron chi connectivity index (χ4n) is 2.05. The Bertz CT molecular complexity index is 558. The first-order valence-electron chi connectivity index (χ1n) is 5.89. The summed E-state index contributed by atoms with van der Waals surface area (Å²) in [6.07, 6.45) is 1.00. The van der Waals surface area contributed by atoms with Gasteiger partial charge in [0, 0.05) is 28.5 Å². The van der Waals surface area contributed by atoms with Gasteiger partial charge < -0.3 is 5.11 Å². The number of carbonyl (C=O) groups excluding carboxylic acids is 2. The van der Waals surface area contributed by atoms with Crippen molar-refractivity contribution in [2.24, 2.45) is 0 Å². The summed E-state index contributed by atoms with van der Waals surface area (Å²) >= 11 is 11.7. The molecule has 0 bridgehead atoms. The van der Waals surface area contributed by atoms with E-state index in [0.717, 1.165) is 0 Å². The summed E-state index contributed by atoms with van der Waals surface area (Å²) in [6, 6.07) is 4.77. The molecule has 1 aliphatic carbocycles. The zero-order chi connectivity index (χ0) is 14.0. The molecule has 0 radical (unpaired) electrons. The van der Waals surface area contributed by atoms with Gasteiger partial charge in [-0.05, 0) is 30.5 Å². The first-order valence-corrected chi connectivity index (χ1v) is 6.65. The number of allylic oxidation sites excluding steroid dienone is 2. The summed E-state index contributed by atoms with van der Waals surface area (Å²) in [5, 5.41) is 12.9. The summed E-state index contributed by atoms with van der Waals surface area (Å²) in [6.45, 7) is 0. The Morgan fingerprint density at radius 2 is 1.79 bits per heavy atom. The second-order valence-corrected chi connectivity index (χ2v) is 5.25. The number of carbonyl (C=O) groups is 2. The molecule has 1 aromatic carbocycles. The van der Waals surface area contributed by atoms with Gasteiger partial charge in [0.05, 0.1) is 0 Å². The predicted molar refractivity (Wildman–Crippen MR) is 71.1 cm³/mol. The van der Waals surface area contributed by atoms with Gasteiger partial charge >= 0.3 is 0 Å². The topological polar surface area (TPSA) is 57.2 Å². The van der Waals surface area contributed by atoms with Gasteiger partial charge in [0.25, 0.3) is 0 Å². The van der Waals surface area contributed by atoms with Gasteiger partial charge in [0.1, 0.15) is 0 Å². The molecule has 1 saturated carbocycles. The fraction of sp³-hybridized carbons (Fsp3) is 0.286. The van der Waals surface area contributed by atoms with Crippen molar-refractivity contribution < 1.29 is 14.7 Å². The van der Waals surface area contributed by atoms with Crippen molar-refractivity contribution in [1.29, 1.82) is 0 Å². The maximum absolute atomic E-state index is 12.1. The molecule has 3 nitrogen and oxygen atoms in total. The maximum atomic E-state index is 12.1. The standard InChI is InChI=1S/C14H12Cl2O3/c15-9-5-4-8(10(16)7-9)6-13(19)14-11(17)2-1-3-12(14)18/h4-5,7,19H,1-3,6H2/p-1. The minimum Gasteiger partial charge on any atom is -0.875 e. The third kappa shape index (κ3) is 3.17. The van der Waals surface area contributed by atoms with E-state index in [1.165, 1.54) is 6.07 Å². The maximum Gasteiger partial charge on any atom is 0.165 e. The number of benzene rings is 1. The first kappa shape index (κ1) is 14.1. The van der Waals surface area contributed by atoms with E-state index in [9.17, 15) is 14.7 Å². The number of Topliss-reactive ketones (excluding diaryl/α,β-unsaturated/α-hetero) is 2. The van der Waals surface area contributed by atoms with Crippen molar-refractivity contribution in [2.75, 3.05) is 0 Å². The molecular formula is C14H11Cl2O3-. The van der Waals surface area contributed by atoms with Crippen LogP contribution in [-0.2, 0) is 16.0 Å². The van der Waals surface area contributed by atoms with Crippen LogP contribution in [0.15, 0.2) is 29.5 Å². The summed E-state index contributed by atoms with van der Waals surface area (Å²) in [5.41, 5.74) is 0.381. The molecule has 0 spiro atoms. The molecule has 2 rings (SSSR count). The van der Waals surface area contributed by atoms with E-state index < -0.39 is 5.76 Å². The molecule has 0 aliphatic heterocycles. The van der Waals surface area contributed by atoms with Gasteiger partial charge in [-0.25, -0.2) is 0 Å². The Morgan fingerprint density at radius 3 is 2.37 bits per heavy atom. The second-order valence-electron chi connectivity index (χ2n) is 4.41. The molecule has 0 atom stereocenters. The Hall–Kier alpha value is -1.32. The van der Waals surface area contributed by atoms with E-state index in [1.807, 2.05) is 0 Å². The van der Waals surface area contributed by atoms with E-state index in [0.29, 0.717) is 22.0 Å². The van der Waals surface area contributed by atoms with Gasteiger partial charge in [-0.3, -0.25) is 9.59 Å². The third-order valence-corrected chi connectivity index (χ3v) is 3.60. The lowest BCUT2D eigenvalue weighted by molar-refractivity contribution is -0.306. The first-order chi connectivity index (χ1) is 8.99. The highest BCUT2D eigenvalue weighted by Gasteiger charge is 2.23. The number of hydrogen-bond donors (Lipinski definition) is 0. The van der Waals surface area contributed by atoms with Crippen molar-refractivity contribution in [1.82, 2.24) is 0 Å². The lowest BCUT2D eigenvalue weighted by atomic mass is 9.90. The summed E-state index contributed by atoms with van der Waals surface area (Å²) in [5.74, 6) is -1.17. The summed E-state index contributed by atoms with van der Waals surface area (Å²) in [7, 11) is 0. The lowest BCUT2D eigenvalue weighted by Crippen LogP contribution is -2.25. The molecule has 0 unspecified atom stereocenters. The van der Waals surface area contributed by atoms with E-state index in [4.69, 9.17) is 23.2 Å². The molecule has 0 heterocycles. The van der Waals surface area contributed by atoms with Gasteiger partial charge in [-0.1, -0.05) is 29.3 Å². The van der Waals surface area contributed by atoms with Crippen LogP contribution in [0.5, 0.6) is 0 Å². The summed E-state index contributed by atoms with van der Waals surface area (Å²) in [4.78, 5) is 23.3. The Labute approximate surface area is 120 Å². The highest BCUT2D eigenvalue weighted by atomic mass is 35.5. The van der Waals surface area contributed by atoms with Gasteiger partial charge in [0.2, 0.25) is 0 Å². The van der Waals surface area contributed by atoms with Crippen LogP contribution in [0, 0.1) is 0 Å². The van der Waals surface area contributed by atoms with Gasteiger partial charge in [-0.2, -0.15) is 0 Å². The van der Waals surface area contributed by atoms with Crippen LogP contribution >= 0.6 is 23.2 Å². The van der Waals surface area contributed by atoms with Crippen LogP contribution in [0.2, 0.25) is 10.0 Å². The van der Waals surface area contributed by atoms with Crippen molar-refractivity contribution in [3.05, 3.63) is 45.1 Å². The van der Waals surface area contributed by atoms with Crippen LogP contribution < -0.4 is 5.11 Å². The Kier molecular flexibility index (Phi) is 4.27. The molecule has 0 saturated heterocycles. The molecule has 100 valence electrons. The average molecular weight is 298 g/mol. The molecular weight excluding hydrogens is 287 g/mol. The molecule has 0 aromatic heterocycles. The minimum absolute atomic E-state index is 0.0528. The molecule has 1 aromatic rings. The highest BCUT2D eigenvalue weighted by Crippen LogP contribution is 2.25. The number of rotatable bonds is 2. The van der Waals surface area contributed by atoms with Crippen LogP contribution in [0.1, 0.15) is 24.8 Å². The fourth-order valence-corrected chi connectivity index (χ4v) is 2.53. The zero-order valence-corrected chi connectivity index (χ0v) is 11.6. The second kappa shape index (κ2) is 5.76. The Morgan fingerprint density at radius 1 is 1.16 bits per heavy atom. The molecule has 5 heteroatoms. The van der Waals surface area contributed by atoms with Gasteiger partial charge in [-0.15, -0.1) is 5.76 Å². The van der Waals surface area contributed by atoms with Crippen LogP contribution in [-0.4, -0.2) is 11.6 Å². The van der Waals surface area contributed by atoms with Crippen LogP contribution in [0.3, 0.4) is 0 Å². The quantitative estimate of drug-likeness (QED) is 0.479. The Balaban J connectivity index is 2.31. The van der Waals surface area contributed by atoms with Crippen LogP contribution in [0.4, 0.5) is 0 Å². The van der Waals surface area contributed by atoms with Crippen molar-refractivity contribution in [3.8, 4) is 0 Å². The lowest BCUT2D eigenvalue weighted by Gasteiger charge is -2.21. The van der Waals surface area contributed by atoms with Crippen molar-refractivity contribution in [2.45, 2.75) is 25.7 Å². The smallest absolute Gasteiger partial charge is 0.165 e. The van der Waals surface area contributed by atoms with Gasteiger partial charge in [0.15, 0.2) is 11.6 Å². The molecule has 19 heavy (non-hydrogen) atoms. The molecule has 0 amide bonds. The normalized spacial score (nSPS) is 15.8. The van der Waals surface area contributed by atoms with E-state index in [1.54, 1.807) is 12.1 Å². The predicted octanol–water partition coefficient (Wildman–Crippen LogP) is 2.47. The monoisotopic (exact) mass is 297 g/mol. The number of hydrogen-bond acceptors (Lipinski definition) is 3. The van der Waals surface area contributed by atoms with E-state index >= 15 is 0 Å². The average Bonchev–Trinajstić information content (AvgIpc) is 2.32. The van der Waals surface area contributed by atoms with Crippen molar-refractivity contribution in [3.63, 3.8) is 0 Å². The van der Waals surface area contributed by atoms with Crippen LogP contribution in [0.25, 0.3) is 0 Å². The number of ketones is 2. The van der Waals surface area contributed by atoms with E-state index in [-0.39, 0.29) is 36.4 Å². The van der Waals surface area contributed by atoms with Crippen molar-refractivity contribution >= 4 is 34.8 Å². The molecule has 1 aliphatic rings. The zero-order valence-electron chi connectivity index (χ0n) is 10.0. The third-order valence-electron chi connectivity index (χ3n) is 3.01. The highest BCUT2D eigenvalue weighted by molar-refractivity contribution is 6.35.